The molecule has 0 aliphatic rings. The predicted molar refractivity (Wildman–Crippen MR) is 58.9 cm³/mol. The number of nitrogens with zero attached hydrogens (tertiary/aromatic N) is 3. The van der Waals surface area contributed by atoms with Gasteiger partial charge in [-0.1, -0.05) is 0 Å². The summed E-state index contributed by atoms with van der Waals surface area (Å²) >= 11 is 2.02. The normalized spacial score (nSPS) is 10.4. The minimum absolute atomic E-state index is 0.0604. The first-order valence-electron chi connectivity index (χ1n) is 3.73. The van der Waals surface area contributed by atoms with E-state index in [2.05, 4.69) is 9.97 Å². The van der Waals surface area contributed by atoms with Crippen LogP contribution in [0.3, 0.4) is 0 Å². The molecule has 14 heavy (non-hydrogen) atoms. The summed E-state index contributed by atoms with van der Waals surface area (Å²) in [5.41, 5.74) is 0.778. The van der Waals surface area contributed by atoms with E-state index >= 15 is 0 Å². The van der Waals surface area contributed by atoms with E-state index in [9.17, 15) is 10.1 Å². The van der Waals surface area contributed by atoms with Gasteiger partial charge in [0.15, 0.2) is 0 Å². The van der Waals surface area contributed by atoms with Gasteiger partial charge < -0.3 is 0 Å². The van der Waals surface area contributed by atoms with Crippen molar-refractivity contribution in [2.24, 2.45) is 0 Å². The molecular weight excluding hydrogens is 297 g/mol. The van der Waals surface area contributed by atoms with Crippen LogP contribution in [0.2, 0.25) is 0 Å². The number of nitro benzene ring substituents is 1. The zero-order chi connectivity index (χ0) is 10.1. The van der Waals surface area contributed by atoms with E-state index in [1.807, 2.05) is 22.6 Å². The molecule has 1 heterocycles. The van der Waals surface area contributed by atoms with E-state index in [-0.39, 0.29) is 5.69 Å². The maximum atomic E-state index is 10.5. The van der Waals surface area contributed by atoms with Gasteiger partial charge in [-0.25, -0.2) is 9.97 Å². The van der Waals surface area contributed by atoms with Crippen molar-refractivity contribution in [1.82, 2.24) is 9.97 Å². The minimum atomic E-state index is -0.428. The molecule has 2 rings (SSSR count). The first-order valence-corrected chi connectivity index (χ1v) is 4.81. The van der Waals surface area contributed by atoms with Gasteiger partial charge in [0.25, 0.3) is 5.69 Å². The Morgan fingerprint density at radius 2 is 2.14 bits per heavy atom. The monoisotopic (exact) mass is 301 g/mol. The average Bonchev–Trinajstić information content (AvgIpc) is 2.18. The lowest BCUT2D eigenvalue weighted by molar-refractivity contribution is -0.384. The molecule has 5 nitrogen and oxygen atoms in total. The summed E-state index contributed by atoms with van der Waals surface area (Å²) in [6.07, 6.45) is 1.44. The van der Waals surface area contributed by atoms with Crippen molar-refractivity contribution >= 4 is 39.2 Å². The van der Waals surface area contributed by atoms with Gasteiger partial charge in [0.05, 0.1) is 10.4 Å². The molecule has 6 heteroatoms. The average molecular weight is 301 g/mol. The number of benzene rings is 1. The number of halogens is 1. The standard InChI is InChI=1S/C8H4IN3O2/c9-8-6-3-5(12(13)14)1-2-7(6)10-4-11-8/h1-4H. The van der Waals surface area contributed by atoms with Gasteiger partial charge in [-0.05, 0) is 28.7 Å². The van der Waals surface area contributed by atoms with Crippen molar-refractivity contribution in [3.05, 3.63) is 38.3 Å². The number of fused-ring (bicyclic) bond motifs is 1. The maximum absolute atomic E-state index is 10.5. The zero-order valence-corrected chi connectivity index (χ0v) is 9.00. The Hall–Kier alpha value is -1.31. The van der Waals surface area contributed by atoms with Crippen LogP contribution in [0.1, 0.15) is 0 Å². The second-order valence-corrected chi connectivity index (χ2v) is 3.64. The van der Waals surface area contributed by atoms with Gasteiger partial charge in [0.1, 0.15) is 10.0 Å². The summed E-state index contributed by atoms with van der Waals surface area (Å²) in [5.74, 6) is 0. The highest BCUT2D eigenvalue weighted by Crippen LogP contribution is 2.21. The van der Waals surface area contributed by atoms with Gasteiger partial charge in [-0.15, -0.1) is 0 Å². The van der Waals surface area contributed by atoms with Crippen LogP contribution in [0.15, 0.2) is 24.5 Å². The van der Waals surface area contributed by atoms with Crippen molar-refractivity contribution in [2.45, 2.75) is 0 Å². The maximum Gasteiger partial charge on any atom is 0.270 e. The summed E-state index contributed by atoms with van der Waals surface area (Å²) in [5, 5.41) is 11.2. The number of non-ortho nitro benzene ring substituents is 1. The number of nitro groups is 1. The van der Waals surface area contributed by atoms with Crippen molar-refractivity contribution in [3.8, 4) is 0 Å². The number of hydrogen-bond donors (Lipinski definition) is 0. The molecule has 0 aliphatic heterocycles. The van der Waals surface area contributed by atoms with Crippen LogP contribution >= 0.6 is 22.6 Å². The van der Waals surface area contributed by atoms with Crippen LogP contribution in [0.25, 0.3) is 10.9 Å². The van der Waals surface area contributed by atoms with Crippen molar-refractivity contribution in [3.63, 3.8) is 0 Å². The van der Waals surface area contributed by atoms with Crippen molar-refractivity contribution < 1.29 is 4.92 Å². The van der Waals surface area contributed by atoms with Crippen LogP contribution in [-0.4, -0.2) is 14.9 Å². The molecular formula is C8H4IN3O2. The Labute approximate surface area is 92.5 Å². The van der Waals surface area contributed by atoms with Gasteiger partial charge in [-0.3, -0.25) is 10.1 Å². The topological polar surface area (TPSA) is 68.9 Å². The van der Waals surface area contributed by atoms with Gasteiger partial charge in [0.2, 0.25) is 0 Å². The fraction of sp³-hybridized carbons (Fsp3) is 0. The quantitative estimate of drug-likeness (QED) is 0.350. The lowest BCUT2D eigenvalue weighted by Crippen LogP contribution is -1.91. The minimum Gasteiger partial charge on any atom is -0.258 e. The molecule has 0 atom stereocenters. The third-order valence-corrected chi connectivity index (χ3v) is 2.64. The lowest BCUT2D eigenvalue weighted by Gasteiger charge is -1.97. The zero-order valence-electron chi connectivity index (χ0n) is 6.85. The molecule has 2 aromatic rings. The van der Waals surface area contributed by atoms with E-state index in [4.69, 9.17) is 0 Å². The highest BCUT2D eigenvalue weighted by atomic mass is 127. The largest absolute Gasteiger partial charge is 0.270 e. The number of aromatic nitrogens is 2. The summed E-state index contributed by atoms with van der Waals surface area (Å²) in [6, 6.07) is 4.54. The summed E-state index contributed by atoms with van der Waals surface area (Å²) in [4.78, 5) is 18.1. The van der Waals surface area contributed by atoms with Gasteiger partial charge >= 0.3 is 0 Å². The molecule has 0 fully saturated rings. The first-order chi connectivity index (χ1) is 6.68. The van der Waals surface area contributed by atoms with Crippen LogP contribution < -0.4 is 0 Å². The molecule has 0 unspecified atom stereocenters. The predicted octanol–water partition coefficient (Wildman–Crippen LogP) is 2.14. The molecule has 70 valence electrons. The molecule has 0 aliphatic carbocycles. The molecule has 0 radical (unpaired) electrons. The van der Waals surface area contributed by atoms with Gasteiger partial charge in [-0.2, -0.15) is 0 Å². The molecule has 1 aromatic carbocycles. The third-order valence-electron chi connectivity index (χ3n) is 1.78. The molecule has 0 spiro atoms. The number of hydrogen-bond acceptors (Lipinski definition) is 4. The molecule has 0 bridgehead atoms. The highest BCUT2D eigenvalue weighted by Gasteiger charge is 2.08. The number of rotatable bonds is 1. The lowest BCUT2D eigenvalue weighted by atomic mass is 10.2. The Bertz CT molecular complexity index is 515. The molecule has 1 aromatic heterocycles. The fourth-order valence-electron chi connectivity index (χ4n) is 1.13. The van der Waals surface area contributed by atoms with E-state index < -0.39 is 4.92 Å². The van der Waals surface area contributed by atoms with Gasteiger partial charge in [0, 0.05) is 17.5 Å². The molecule has 0 N–H and O–H groups in total. The second-order valence-electron chi connectivity index (χ2n) is 2.62. The van der Waals surface area contributed by atoms with E-state index in [0.717, 1.165) is 9.22 Å². The molecule has 0 saturated heterocycles. The van der Waals surface area contributed by atoms with E-state index in [1.165, 1.54) is 18.5 Å². The SMILES string of the molecule is O=[N+]([O-])c1ccc2ncnc(I)c2c1. The highest BCUT2D eigenvalue weighted by molar-refractivity contribution is 14.1. The summed E-state index contributed by atoms with van der Waals surface area (Å²) < 4.78 is 0.719. The first kappa shape index (κ1) is 9.25. The van der Waals surface area contributed by atoms with E-state index in [1.54, 1.807) is 6.07 Å². The smallest absolute Gasteiger partial charge is 0.258 e. The Kier molecular flexibility index (Phi) is 2.28. The van der Waals surface area contributed by atoms with Crippen LogP contribution in [0, 0.1) is 13.8 Å². The Morgan fingerprint density at radius 3 is 2.86 bits per heavy atom. The van der Waals surface area contributed by atoms with E-state index in [0.29, 0.717) is 5.39 Å². The molecule has 0 amide bonds. The van der Waals surface area contributed by atoms with Crippen LogP contribution in [0.5, 0.6) is 0 Å². The van der Waals surface area contributed by atoms with Crippen molar-refractivity contribution in [2.75, 3.05) is 0 Å². The second kappa shape index (κ2) is 3.45. The summed E-state index contributed by atoms with van der Waals surface area (Å²) in [6.45, 7) is 0. The third kappa shape index (κ3) is 1.52. The van der Waals surface area contributed by atoms with Crippen molar-refractivity contribution in [1.29, 1.82) is 0 Å². The summed E-state index contributed by atoms with van der Waals surface area (Å²) in [7, 11) is 0. The Balaban J connectivity index is 2.76. The fourth-order valence-corrected chi connectivity index (χ4v) is 1.68. The molecule has 0 saturated carbocycles. The van der Waals surface area contributed by atoms with Crippen LogP contribution in [0.4, 0.5) is 5.69 Å². The Morgan fingerprint density at radius 1 is 1.36 bits per heavy atom. The van der Waals surface area contributed by atoms with Crippen LogP contribution in [-0.2, 0) is 0 Å².